The predicted octanol–water partition coefficient (Wildman–Crippen LogP) is -0.745. The molecular formula is C4H7NO4. The summed E-state index contributed by atoms with van der Waals surface area (Å²) < 4.78 is 7.91. The molecule has 9 heavy (non-hydrogen) atoms. The third-order valence-electron chi connectivity index (χ3n) is 0.531. The van der Waals surface area contributed by atoms with Crippen molar-refractivity contribution in [1.29, 1.82) is 0 Å². The Balaban J connectivity index is 3.47. The number of hydrogen-bond acceptors (Lipinski definition) is 5. The standard InChI is InChI=1S/C4H7NO4/c1-8-4(7)9-3(6)2-5/h2,5H2,1H3. The zero-order valence-electron chi connectivity index (χ0n) is 4.92. The van der Waals surface area contributed by atoms with Gasteiger partial charge in [0.15, 0.2) is 0 Å². The molecule has 0 bridgehead atoms. The van der Waals surface area contributed by atoms with E-state index in [9.17, 15) is 9.59 Å². The van der Waals surface area contributed by atoms with Gasteiger partial charge in [0.1, 0.15) is 0 Å². The van der Waals surface area contributed by atoms with Gasteiger partial charge in [0, 0.05) is 0 Å². The second-order valence-electron chi connectivity index (χ2n) is 1.13. The molecule has 52 valence electrons. The van der Waals surface area contributed by atoms with Crippen LogP contribution in [0.25, 0.3) is 0 Å². The Morgan fingerprint density at radius 2 is 2.11 bits per heavy atom. The lowest BCUT2D eigenvalue weighted by molar-refractivity contribution is -0.137. The lowest BCUT2D eigenvalue weighted by atomic mass is 10.7. The molecule has 0 atom stereocenters. The van der Waals surface area contributed by atoms with Gasteiger partial charge in [-0.15, -0.1) is 0 Å². The maximum atomic E-state index is 10.1. The minimum Gasteiger partial charge on any atom is -0.437 e. The van der Waals surface area contributed by atoms with E-state index in [1.807, 2.05) is 0 Å². The molecule has 0 saturated heterocycles. The van der Waals surface area contributed by atoms with Crippen LogP contribution in [0.2, 0.25) is 0 Å². The molecule has 0 amide bonds. The van der Waals surface area contributed by atoms with E-state index in [1.54, 1.807) is 0 Å². The van der Waals surface area contributed by atoms with Gasteiger partial charge in [0.25, 0.3) is 0 Å². The lowest BCUT2D eigenvalue weighted by Gasteiger charge is -1.95. The molecule has 0 aromatic heterocycles. The van der Waals surface area contributed by atoms with Gasteiger partial charge in [0.05, 0.1) is 13.7 Å². The van der Waals surface area contributed by atoms with Gasteiger partial charge >= 0.3 is 12.1 Å². The molecule has 0 unspecified atom stereocenters. The summed E-state index contributed by atoms with van der Waals surface area (Å²) in [5, 5.41) is 0. The molecule has 0 aliphatic rings. The number of methoxy groups -OCH3 is 1. The molecule has 0 aromatic carbocycles. The van der Waals surface area contributed by atoms with Crippen LogP contribution in [0.4, 0.5) is 4.79 Å². The van der Waals surface area contributed by atoms with E-state index in [1.165, 1.54) is 0 Å². The fraction of sp³-hybridized carbons (Fsp3) is 0.500. The first-order chi connectivity index (χ1) is 4.20. The van der Waals surface area contributed by atoms with Crippen LogP contribution in [0.3, 0.4) is 0 Å². The normalized spacial score (nSPS) is 8.22. The summed E-state index contributed by atoms with van der Waals surface area (Å²) in [5.74, 6) is -0.804. The summed E-state index contributed by atoms with van der Waals surface area (Å²) in [4.78, 5) is 20.2. The fourth-order valence-corrected chi connectivity index (χ4v) is 0.176. The molecule has 0 fully saturated rings. The van der Waals surface area contributed by atoms with E-state index in [0.29, 0.717) is 0 Å². The number of nitrogens with two attached hydrogens (primary N) is 1. The fourth-order valence-electron chi connectivity index (χ4n) is 0.176. The van der Waals surface area contributed by atoms with Gasteiger partial charge in [0.2, 0.25) is 0 Å². The van der Waals surface area contributed by atoms with Gasteiger partial charge in [-0.05, 0) is 0 Å². The van der Waals surface area contributed by atoms with E-state index in [2.05, 4.69) is 9.47 Å². The molecule has 0 aliphatic carbocycles. The van der Waals surface area contributed by atoms with E-state index < -0.39 is 12.1 Å². The molecule has 5 nitrogen and oxygen atoms in total. The summed E-state index contributed by atoms with van der Waals surface area (Å²) in [6, 6.07) is 0. The molecule has 0 heterocycles. The van der Waals surface area contributed by atoms with Crippen LogP contribution in [-0.4, -0.2) is 25.8 Å². The molecule has 5 heteroatoms. The maximum absolute atomic E-state index is 10.1. The van der Waals surface area contributed by atoms with Crippen LogP contribution >= 0.6 is 0 Å². The van der Waals surface area contributed by atoms with Crippen LogP contribution < -0.4 is 5.73 Å². The number of carbonyl (C=O) groups excluding carboxylic acids is 2. The Bertz CT molecular complexity index is 108. The van der Waals surface area contributed by atoms with Crippen LogP contribution in [0, 0.1) is 0 Å². The first-order valence-corrected chi connectivity index (χ1v) is 2.19. The van der Waals surface area contributed by atoms with Gasteiger partial charge in [-0.3, -0.25) is 4.79 Å². The van der Waals surface area contributed by atoms with Crippen molar-refractivity contribution in [3.63, 3.8) is 0 Å². The van der Waals surface area contributed by atoms with Gasteiger partial charge in [-0.1, -0.05) is 0 Å². The number of ether oxygens (including phenoxy) is 2. The third-order valence-corrected chi connectivity index (χ3v) is 0.531. The molecule has 2 N–H and O–H groups in total. The SMILES string of the molecule is COC(=O)OC(=O)CN. The average Bonchev–Trinajstić information content (AvgIpc) is 1.87. The summed E-state index contributed by atoms with van der Waals surface area (Å²) in [5.41, 5.74) is 4.79. The quantitative estimate of drug-likeness (QED) is 0.376. The van der Waals surface area contributed by atoms with Gasteiger partial charge < -0.3 is 15.2 Å². The molecule has 0 aromatic rings. The van der Waals surface area contributed by atoms with Crippen molar-refractivity contribution in [2.75, 3.05) is 13.7 Å². The minimum atomic E-state index is -1.04. The number of carbonyl (C=O) groups is 2. The van der Waals surface area contributed by atoms with Crippen LogP contribution in [0.15, 0.2) is 0 Å². The Morgan fingerprint density at radius 3 is 2.44 bits per heavy atom. The zero-order valence-corrected chi connectivity index (χ0v) is 4.92. The average molecular weight is 133 g/mol. The topological polar surface area (TPSA) is 78.6 Å². The van der Waals surface area contributed by atoms with Crippen molar-refractivity contribution < 1.29 is 19.1 Å². The minimum absolute atomic E-state index is 0.324. The highest BCUT2D eigenvalue weighted by atomic mass is 16.7. The number of rotatable bonds is 1. The van der Waals surface area contributed by atoms with Crippen molar-refractivity contribution in [1.82, 2.24) is 0 Å². The molecule has 0 rings (SSSR count). The van der Waals surface area contributed by atoms with Crippen LogP contribution in [-0.2, 0) is 14.3 Å². The number of esters is 1. The predicted molar refractivity (Wildman–Crippen MR) is 27.6 cm³/mol. The maximum Gasteiger partial charge on any atom is 0.515 e. The largest absolute Gasteiger partial charge is 0.515 e. The summed E-state index contributed by atoms with van der Waals surface area (Å²) >= 11 is 0. The first kappa shape index (κ1) is 7.90. The van der Waals surface area contributed by atoms with Crippen molar-refractivity contribution in [2.24, 2.45) is 5.73 Å². The van der Waals surface area contributed by atoms with E-state index in [-0.39, 0.29) is 6.54 Å². The number of hydrogen-bond donors (Lipinski definition) is 1. The van der Waals surface area contributed by atoms with Crippen molar-refractivity contribution in [3.8, 4) is 0 Å². The Hall–Kier alpha value is -1.10. The molecule has 0 radical (unpaired) electrons. The van der Waals surface area contributed by atoms with Crippen LogP contribution in [0.1, 0.15) is 0 Å². The van der Waals surface area contributed by atoms with Crippen molar-refractivity contribution >= 4 is 12.1 Å². The van der Waals surface area contributed by atoms with E-state index in [0.717, 1.165) is 7.11 Å². The first-order valence-electron chi connectivity index (χ1n) is 2.19. The Labute approximate surface area is 51.7 Å². The highest BCUT2D eigenvalue weighted by Gasteiger charge is 2.05. The summed E-state index contributed by atoms with van der Waals surface area (Å²) in [6.45, 7) is -0.324. The Morgan fingerprint density at radius 1 is 1.56 bits per heavy atom. The third kappa shape index (κ3) is 3.48. The summed E-state index contributed by atoms with van der Waals surface area (Å²) in [7, 11) is 1.10. The van der Waals surface area contributed by atoms with E-state index >= 15 is 0 Å². The van der Waals surface area contributed by atoms with E-state index in [4.69, 9.17) is 5.73 Å². The highest BCUT2D eigenvalue weighted by molar-refractivity contribution is 5.82. The van der Waals surface area contributed by atoms with Crippen LogP contribution in [0.5, 0.6) is 0 Å². The molecule has 0 aliphatic heterocycles. The summed E-state index contributed by atoms with van der Waals surface area (Å²) in [6.07, 6.45) is -1.04. The van der Waals surface area contributed by atoms with Crippen molar-refractivity contribution in [2.45, 2.75) is 0 Å². The lowest BCUT2D eigenvalue weighted by Crippen LogP contribution is -2.20. The van der Waals surface area contributed by atoms with Gasteiger partial charge in [-0.25, -0.2) is 4.79 Å². The molecular weight excluding hydrogens is 126 g/mol. The Kier molecular flexibility index (Phi) is 3.38. The monoisotopic (exact) mass is 133 g/mol. The van der Waals surface area contributed by atoms with Gasteiger partial charge in [-0.2, -0.15) is 0 Å². The van der Waals surface area contributed by atoms with Crippen molar-refractivity contribution in [3.05, 3.63) is 0 Å². The second-order valence-corrected chi connectivity index (χ2v) is 1.13. The second kappa shape index (κ2) is 3.85. The smallest absolute Gasteiger partial charge is 0.437 e. The molecule has 0 spiro atoms. The zero-order chi connectivity index (χ0) is 7.28. The molecule has 0 saturated carbocycles. The highest BCUT2D eigenvalue weighted by Crippen LogP contribution is 1.80.